The second kappa shape index (κ2) is 16.6. The number of nitrogens with one attached hydrogen (secondary N) is 5. The number of carboxylic acids is 1. The molecule has 6 amide bonds. The Morgan fingerprint density at radius 1 is 0.864 bits per heavy atom. The van der Waals surface area contributed by atoms with Gasteiger partial charge in [0.25, 0.3) is 5.91 Å². The summed E-state index contributed by atoms with van der Waals surface area (Å²) in [5.74, 6) is -3.30. The summed E-state index contributed by atoms with van der Waals surface area (Å²) >= 11 is 0. The SMILES string of the molecule is CC(C)C[C@H](NC(=O)[C@@H]1CCCN1C(=O)CNC(=O)c1ccccc1)C(=O)NC[C@H](NC(=O)NCc1ccccc1)C(=O)O. The largest absolute Gasteiger partial charge is 0.480 e. The van der Waals surface area contributed by atoms with Crippen LogP contribution < -0.4 is 26.6 Å². The Labute approximate surface area is 256 Å². The molecule has 2 aromatic carbocycles. The Balaban J connectivity index is 1.54. The van der Waals surface area contributed by atoms with E-state index in [-0.39, 0.29) is 25.4 Å². The molecule has 13 heteroatoms. The average Bonchev–Trinajstić information content (AvgIpc) is 3.51. The van der Waals surface area contributed by atoms with Crippen LogP contribution in [-0.2, 0) is 25.7 Å². The van der Waals surface area contributed by atoms with Crippen molar-refractivity contribution in [3.63, 3.8) is 0 Å². The first-order valence-corrected chi connectivity index (χ1v) is 14.6. The maximum atomic E-state index is 13.3. The minimum atomic E-state index is -1.42. The zero-order valence-corrected chi connectivity index (χ0v) is 24.9. The van der Waals surface area contributed by atoms with Gasteiger partial charge in [0.15, 0.2) is 0 Å². The molecular formula is C31H40N6O7. The fourth-order valence-electron chi connectivity index (χ4n) is 4.77. The van der Waals surface area contributed by atoms with Crippen LogP contribution in [0.15, 0.2) is 60.7 Å². The van der Waals surface area contributed by atoms with Crippen LogP contribution in [0, 0.1) is 5.92 Å². The minimum absolute atomic E-state index is 0.00211. The maximum absolute atomic E-state index is 13.3. The highest BCUT2D eigenvalue weighted by Gasteiger charge is 2.36. The van der Waals surface area contributed by atoms with Gasteiger partial charge >= 0.3 is 12.0 Å². The Bertz CT molecular complexity index is 1310. The van der Waals surface area contributed by atoms with Gasteiger partial charge in [-0.15, -0.1) is 0 Å². The number of amides is 6. The normalized spacial score (nSPS) is 15.5. The third-order valence-electron chi connectivity index (χ3n) is 7.03. The zero-order valence-electron chi connectivity index (χ0n) is 24.9. The van der Waals surface area contributed by atoms with E-state index in [0.29, 0.717) is 24.9 Å². The molecule has 0 bridgehead atoms. The summed E-state index contributed by atoms with van der Waals surface area (Å²) in [5.41, 5.74) is 1.24. The highest BCUT2D eigenvalue weighted by molar-refractivity contribution is 5.97. The highest BCUT2D eigenvalue weighted by Crippen LogP contribution is 2.18. The van der Waals surface area contributed by atoms with E-state index >= 15 is 0 Å². The Morgan fingerprint density at radius 3 is 2.16 bits per heavy atom. The fraction of sp³-hybridized carbons (Fsp3) is 0.419. The van der Waals surface area contributed by atoms with Crippen molar-refractivity contribution in [2.45, 2.75) is 57.8 Å². The first-order valence-electron chi connectivity index (χ1n) is 14.6. The lowest BCUT2D eigenvalue weighted by molar-refractivity contribution is -0.139. The number of likely N-dealkylation sites (tertiary alicyclic amines) is 1. The Hall–Kier alpha value is -4.94. The van der Waals surface area contributed by atoms with Gasteiger partial charge in [0, 0.05) is 25.2 Å². The standard InChI is InChI=1S/C31H40N6O7/c1-20(2)16-23(28(40)32-18-24(30(42)43)36-31(44)34-17-21-10-5-3-6-11-21)35-29(41)25-14-9-15-37(25)26(38)19-33-27(39)22-12-7-4-8-13-22/h3-8,10-13,20,23-25H,9,14-19H2,1-2H3,(H,32,40)(H,33,39)(H,35,41)(H,42,43)(H2,34,36,44)/t23-,24-,25-/m0/s1. The van der Waals surface area contributed by atoms with Crippen LogP contribution in [0.3, 0.4) is 0 Å². The van der Waals surface area contributed by atoms with E-state index in [1.807, 2.05) is 44.2 Å². The lowest BCUT2D eigenvalue weighted by atomic mass is 10.0. The molecule has 13 nitrogen and oxygen atoms in total. The van der Waals surface area contributed by atoms with Crippen LogP contribution in [0.2, 0.25) is 0 Å². The molecule has 2 aromatic rings. The van der Waals surface area contributed by atoms with Gasteiger partial charge in [-0.25, -0.2) is 9.59 Å². The molecule has 3 rings (SSSR count). The molecule has 1 saturated heterocycles. The van der Waals surface area contributed by atoms with Crippen LogP contribution in [0.4, 0.5) is 4.79 Å². The summed E-state index contributed by atoms with van der Waals surface area (Å²) in [4.78, 5) is 77.1. The number of hydrogen-bond donors (Lipinski definition) is 6. The number of aliphatic carboxylic acids is 1. The summed E-state index contributed by atoms with van der Waals surface area (Å²) in [6.45, 7) is 3.56. The maximum Gasteiger partial charge on any atom is 0.328 e. The van der Waals surface area contributed by atoms with Crippen LogP contribution in [0.5, 0.6) is 0 Å². The predicted molar refractivity (Wildman–Crippen MR) is 161 cm³/mol. The van der Waals surface area contributed by atoms with E-state index in [9.17, 15) is 33.9 Å². The molecule has 0 radical (unpaired) electrons. The topological polar surface area (TPSA) is 186 Å². The first-order chi connectivity index (χ1) is 21.0. The summed E-state index contributed by atoms with van der Waals surface area (Å²) < 4.78 is 0. The third kappa shape index (κ3) is 10.4. The number of carboxylic acid groups (broad SMARTS) is 1. The van der Waals surface area contributed by atoms with Crippen LogP contribution in [0.25, 0.3) is 0 Å². The molecule has 1 heterocycles. The van der Waals surface area contributed by atoms with E-state index in [4.69, 9.17) is 0 Å². The van der Waals surface area contributed by atoms with Crippen LogP contribution in [-0.4, -0.2) is 83.4 Å². The van der Waals surface area contributed by atoms with E-state index in [1.54, 1.807) is 30.3 Å². The molecule has 0 aromatic heterocycles. The number of rotatable bonds is 14. The smallest absolute Gasteiger partial charge is 0.328 e. The fourth-order valence-corrected chi connectivity index (χ4v) is 4.77. The number of carbonyl (C=O) groups is 6. The number of urea groups is 1. The van der Waals surface area contributed by atoms with Crippen molar-refractivity contribution in [3.05, 3.63) is 71.8 Å². The first kappa shape index (κ1) is 33.6. The van der Waals surface area contributed by atoms with Gasteiger partial charge in [-0.1, -0.05) is 62.4 Å². The van der Waals surface area contributed by atoms with Gasteiger partial charge in [-0.2, -0.15) is 0 Å². The monoisotopic (exact) mass is 608 g/mol. The lowest BCUT2D eigenvalue weighted by Gasteiger charge is -2.27. The average molecular weight is 609 g/mol. The summed E-state index contributed by atoms with van der Waals surface area (Å²) in [6.07, 6.45) is 1.23. The van der Waals surface area contributed by atoms with E-state index < -0.39 is 60.3 Å². The van der Waals surface area contributed by atoms with Crippen LogP contribution in [0.1, 0.15) is 49.0 Å². The van der Waals surface area contributed by atoms with Gasteiger partial charge in [-0.05, 0) is 42.9 Å². The summed E-state index contributed by atoms with van der Waals surface area (Å²) in [5, 5.41) is 22.3. The predicted octanol–water partition coefficient (Wildman–Crippen LogP) is 1.01. The quantitative estimate of drug-likeness (QED) is 0.185. The number of hydrogen-bond acceptors (Lipinski definition) is 6. The Kier molecular flexibility index (Phi) is 12.7. The molecule has 0 saturated carbocycles. The number of nitrogens with zero attached hydrogens (tertiary/aromatic N) is 1. The highest BCUT2D eigenvalue weighted by atomic mass is 16.4. The van der Waals surface area contributed by atoms with Gasteiger partial charge in [0.1, 0.15) is 18.1 Å². The molecule has 3 atom stereocenters. The van der Waals surface area contributed by atoms with Crippen molar-refractivity contribution in [2.75, 3.05) is 19.6 Å². The summed E-state index contributed by atoms with van der Waals surface area (Å²) in [6, 6.07) is 13.6. The number of carbonyl (C=O) groups excluding carboxylic acids is 5. The van der Waals surface area contributed by atoms with Crippen molar-refractivity contribution < 1.29 is 33.9 Å². The molecular weight excluding hydrogens is 568 g/mol. The molecule has 1 aliphatic heterocycles. The van der Waals surface area contributed by atoms with Crippen LogP contribution >= 0.6 is 0 Å². The molecule has 1 aliphatic rings. The number of benzene rings is 2. The van der Waals surface area contributed by atoms with E-state index in [2.05, 4.69) is 26.6 Å². The van der Waals surface area contributed by atoms with Gasteiger partial charge in [0.05, 0.1) is 6.54 Å². The van der Waals surface area contributed by atoms with Crippen molar-refractivity contribution >= 4 is 35.6 Å². The Morgan fingerprint density at radius 2 is 1.52 bits per heavy atom. The van der Waals surface area contributed by atoms with Gasteiger partial charge < -0.3 is 36.6 Å². The van der Waals surface area contributed by atoms with Crippen molar-refractivity contribution in [1.82, 2.24) is 31.5 Å². The molecule has 44 heavy (non-hydrogen) atoms. The summed E-state index contributed by atoms with van der Waals surface area (Å²) in [7, 11) is 0. The second-order valence-electron chi connectivity index (χ2n) is 10.9. The van der Waals surface area contributed by atoms with E-state index in [0.717, 1.165) is 5.56 Å². The van der Waals surface area contributed by atoms with Crippen molar-refractivity contribution in [2.24, 2.45) is 5.92 Å². The molecule has 0 unspecified atom stereocenters. The molecule has 1 fully saturated rings. The third-order valence-corrected chi connectivity index (χ3v) is 7.03. The minimum Gasteiger partial charge on any atom is -0.480 e. The lowest BCUT2D eigenvalue weighted by Crippen LogP contribution is -2.56. The van der Waals surface area contributed by atoms with E-state index in [1.165, 1.54) is 4.90 Å². The van der Waals surface area contributed by atoms with Gasteiger partial charge in [0.2, 0.25) is 17.7 Å². The zero-order chi connectivity index (χ0) is 32.1. The molecule has 236 valence electrons. The van der Waals surface area contributed by atoms with Gasteiger partial charge in [-0.3, -0.25) is 19.2 Å². The molecule has 6 N–H and O–H groups in total. The van der Waals surface area contributed by atoms with Crippen molar-refractivity contribution in [3.8, 4) is 0 Å². The second-order valence-corrected chi connectivity index (χ2v) is 10.9. The van der Waals surface area contributed by atoms with Crippen molar-refractivity contribution in [1.29, 1.82) is 0 Å². The molecule has 0 spiro atoms. The molecule has 0 aliphatic carbocycles.